The number of carbonyl (C=O) groups is 1. The Bertz CT molecular complexity index is 175. The van der Waals surface area contributed by atoms with Crippen LogP contribution in [0.3, 0.4) is 0 Å². The molecule has 0 aromatic carbocycles. The third-order valence-corrected chi connectivity index (χ3v) is 1.66. The summed E-state index contributed by atoms with van der Waals surface area (Å²) < 4.78 is 5.20. The lowest BCUT2D eigenvalue weighted by molar-refractivity contribution is 0.0782. The lowest BCUT2D eigenvalue weighted by Gasteiger charge is -2.17. The van der Waals surface area contributed by atoms with E-state index < -0.39 is 6.03 Å². The van der Waals surface area contributed by atoms with Crippen LogP contribution in [0.15, 0.2) is 5.10 Å². The van der Waals surface area contributed by atoms with Crippen molar-refractivity contribution in [2.75, 3.05) is 13.2 Å². The minimum absolute atomic E-state index is 0.311. The molecular formula is C7H13N3O2. The molecule has 1 aliphatic heterocycles. The van der Waals surface area contributed by atoms with Crippen molar-refractivity contribution in [3.63, 3.8) is 0 Å². The van der Waals surface area contributed by atoms with Gasteiger partial charge in [0.1, 0.15) is 0 Å². The number of primary amides is 1. The van der Waals surface area contributed by atoms with E-state index in [-0.39, 0.29) is 0 Å². The fourth-order valence-electron chi connectivity index (χ4n) is 1.09. The molecule has 1 rings (SSSR count). The first-order valence-corrected chi connectivity index (χ1v) is 3.95. The molecule has 0 aliphatic carbocycles. The zero-order valence-electron chi connectivity index (χ0n) is 6.82. The van der Waals surface area contributed by atoms with E-state index >= 15 is 0 Å². The van der Waals surface area contributed by atoms with Crippen molar-refractivity contribution in [1.82, 2.24) is 5.43 Å². The number of amides is 2. The summed E-state index contributed by atoms with van der Waals surface area (Å²) >= 11 is 0. The number of ether oxygens (including phenoxy) is 1. The molecule has 1 aliphatic rings. The molecule has 0 bridgehead atoms. The van der Waals surface area contributed by atoms with E-state index in [0.29, 0.717) is 12.5 Å². The first kappa shape index (κ1) is 8.99. The van der Waals surface area contributed by atoms with Crippen LogP contribution < -0.4 is 11.2 Å². The Kier molecular flexibility index (Phi) is 3.53. The number of hydrogen-bond acceptors (Lipinski definition) is 3. The fraction of sp³-hybridized carbons (Fsp3) is 0.714. The minimum atomic E-state index is -0.636. The fourth-order valence-corrected chi connectivity index (χ4v) is 1.09. The highest BCUT2D eigenvalue weighted by Gasteiger charge is 2.10. The van der Waals surface area contributed by atoms with E-state index in [2.05, 4.69) is 10.5 Å². The van der Waals surface area contributed by atoms with Crippen molar-refractivity contribution in [2.45, 2.75) is 12.8 Å². The molecule has 12 heavy (non-hydrogen) atoms. The summed E-state index contributed by atoms with van der Waals surface area (Å²) in [5.74, 6) is 0.311. The molecule has 0 saturated carbocycles. The number of rotatable bonds is 2. The second kappa shape index (κ2) is 4.71. The lowest BCUT2D eigenvalue weighted by atomic mass is 10.0. The van der Waals surface area contributed by atoms with Crippen LogP contribution in [0, 0.1) is 5.92 Å². The molecule has 68 valence electrons. The van der Waals surface area contributed by atoms with E-state index in [1.807, 2.05) is 0 Å². The maximum Gasteiger partial charge on any atom is 0.332 e. The van der Waals surface area contributed by atoms with Crippen LogP contribution in [-0.4, -0.2) is 25.5 Å². The van der Waals surface area contributed by atoms with Gasteiger partial charge < -0.3 is 10.5 Å². The van der Waals surface area contributed by atoms with E-state index in [0.717, 1.165) is 19.4 Å². The summed E-state index contributed by atoms with van der Waals surface area (Å²) in [6.45, 7) is 1.51. The van der Waals surface area contributed by atoms with Gasteiger partial charge in [-0.3, -0.25) is 0 Å². The van der Waals surface area contributed by atoms with Gasteiger partial charge in [0.05, 0.1) is 6.61 Å². The van der Waals surface area contributed by atoms with E-state index in [9.17, 15) is 4.79 Å². The minimum Gasteiger partial charge on any atom is -0.381 e. The summed E-state index contributed by atoms with van der Waals surface area (Å²) in [5, 5.41) is 3.66. The highest BCUT2D eigenvalue weighted by atomic mass is 16.5. The van der Waals surface area contributed by atoms with Gasteiger partial charge in [-0.25, -0.2) is 10.2 Å². The molecule has 5 heteroatoms. The summed E-state index contributed by atoms with van der Waals surface area (Å²) in [6.07, 6.45) is 3.78. The third-order valence-electron chi connectivity index (χ3n) is 1.66. The van der Waals surface area contributed by atoms with Crippen LogP contribution in [0.1, 0.15) is 12.8 Å². The number of hydrogen-bond donors (Lipinski definition) is 2. The maximum absolute atomic E-state index is 10.2. The zero-order chi connectivity index (χ0) is 8.81. The van der Waals surface area contributed by atoms with Gasteiger partial charge in [0, 0.05) is 18.7 Å². The molecule has 2 amide bonds. The predicted octanol–water partition coefficient (Wildman–Crippen LogP) is 0.0671. The van der Waals surface area contributed by atoms with Gasteiger partial charge in [0.25, 0.3) is 0 Å². The molecule has 5 nitrogen and oxygen atoms in total. The Morgan fingerprint density at radius 1 is 1.75 bits per heavy atom. The molecule has 0 spiro atoms. The number of carbonyl (C=O) groups excluding carboxylic acids is 1. The molecule has 0 radical (unpaired) electrons. The van der Waals surface area contributed by atoms with E-state index in [1.165, 1.54) is 0 Å². The molecule has 1 atom stereocenters. The third kappa shape index (κ3) is 3.34. The normalized spacial score (nSPS) is 24.2. The molecule has 0 aromatic heterocycles. The smallest absolute Gasteiger partial charge is 0.332 e. The quantitative estimate of drug-likeness (QED) is 0.455. The van der Waals surface area contributed by atoms with Crippen molar-refractivity contribution in [3.05, 3.63) is 0 Å². The number of nitrogens with two attached hydrogens (primary N) is 1. The van der Waals surface area contributed by atoms with Crippen molar-refractivity contribution in [3.8, 4) is 0 Å². The predicted molar refractivity (Wildman–Crippen MR) is 44.8 cm³/mol. The van der Waals surface area contributed by atoms with Gasteiger partial charge in [-0.15, -0.1) is 0 Å². The second-order valence-electron chi connectivity index (χ2n) is 2.73. The number of urea groups is 1. The molecule has 1 unspecified atom stereocenters. The zero-order valence-corrected chi connectivity index (χ0v) is 6.82. The Morgan fingerprint density at radius 2 is 2.58 bits per heavy atom. The number of nitrogens with zero attached hydrogens (tertiary/aromatic N) is 1. The summed E-state index contributed by atoms with van der Waals surface area (Å²) in [6, 6.07) is -0.636. The van der Waals surface area contributed by atoms with Gasteiger partial charge in [-0.1, -0.05) is 0 Å². The number of hydrazone groups is 1. The summed E-state index contributed by atoms with van der Waals surface area (Å²) in [5.41, 5.74) is 6.96. The first-order valence-electron chi connectivity index (χ1n) is 3.95. The molecule has 1 fully saturated rings. The van der Waals surface area contributed by atoms with Gasteiger partial charge in [0.2, 0.25) is 0 Å². The van der Waals surface area contributed by atoms with Crippen LogP contribution in [0.5, 0.6) is 0 Å². The van der Waals surface area contributed by atoms with E-state index in [1.54, 1.807) is 6.21 Å². The molecule has 0 aromatic rings. The van der Waals surface area contributed by atoms with Crippen molar-refractivity contribution in [2.24, 2.45) is 16.8 Å². The van der Waals surface area contributed by atoms with Crippen molar-refractivity contribution in [1.29, 1.82) is 0 Å². The van der Waals surface area contributed by atoms with Gasteiger partial charge >= 0.3 is 6.03 Å². The summed E-state index contributed by atoms with van der Waals surface area (Å²) in [7, 11) is 0. The van der Waals surface area contributed by atoms with Crippen molar-refractivity contribution >= 4 is 12.2 Å². The van der Waals surface area contributed by atoms with Gasteiger partial charge in [-0.2, -0.15) is 5.10 Å². The first-order chi connectivity index (χ1) is 5.79. The monoisotopic (exact) mass is 171 g/mol. The van der Waals surface area contributed by atoms with Gasteiger partial charge in [-0.05, 0) is 12.8 Å². The summed E-state index contributed by atoms with van der Waals surface area (Å²) in [4.78, 5) is 10.2. The largest absolute Gasteiger partial charge is 0.381 e. The van der Waals surface area contributed by atoms with Crippen molar-refractivity contribution < 1.29 is 9.53 Å². The molecule has 1 saturated heterocycles. The highest BCUT2D eigenvalue weighted by Crippen LogP contribution is 2.10. The van der Waals surface area contributed by atoms with Crippen LogP contribution in [0.4, 0.5) is 4.79 Å². The van der Waals surface area contributed by atoms with Crippen LogP contribution >= 0.6 is 0 Å². The number of nitrogens with one attached hydrogen (secondary N) is 1. The molecule has 1 heterocycles. The average molecular weight is 171 g/mol. The average Bonchev–Trinajstić information content (AvgIpc) is 2.05. The molecular weight excluding hydrogens is 158 g/mol. The van der Waals surface area contributed by atoms with Crippen LogP contribution in [-0.2, 0) is 4.74 Å². The highest BCUT2D eigenvalue weighted by molar-refractivity contribution is 5.73. The SMILES string of the molecule is NC(=O)N/N=C/C1CCCOC1. The van der Waals surface area contributed by atoms with Crippen LogP contribution in [0.25, 0.3) is 0 Å². The Balaban J connectivity index is 2.19. The lowest BCUT2D eigenvalue weighted by Crippen LogP contribution is -2.26. The van der Waals surface area contributed by atoms with Gasteiger partial charge in [0.15, 0.2) is 0 Å². The maximum atomic E-state index is 10.2. The topological polar surface area (TPSA) is 76.7 Å². The van der Waals surface area contributed by atoms with E-state index in [4.69, 9.17) is 10.5 Å². The molecule has 3 N–H and O–H groups in total. The Hall–Kier alpha value is -1.10. The second-order valence-corrected chi connectivity index (χ2v) is 2.73. The van der Waals surface area contributed by atoms with Crippen LogP contribution in [0.2, 0.25) is 0 Å². The standard InChI is InChI=1S/C7H13N3O2/c8-7(11)10-9-4-6-2-1-3-12-5-6/h4,6H,1-3,5H2,(H3,8,10,11)/b9-4+. The Morgan fingerprint density at radius 3 is 3.17 bits per heavy atom. The Labute approximate surface area is 71.0 Å².